The molecule has 1 saturated heterocycles. The minimum absolute atomic E-state index is 0.312. The molecule has 0 radical (unpaired) electrons. The predicted octanol–water partition coefficient (Wildman–Crippen LogP) is 5.10. The van der Waals surface area contributed by atoms with Crippen molar-refractivity contribution in [3.05, 3.63) is 48.0 Å². The summed E-state index contributed by atoms with van der Waals surface area (Å²) in [7, 11) is 0. The second-order valence-electron chi connectivity index (χ2n) is 12.4. The highest BCUT2D eigenvalue weighted by molar-refractivity contribution is 5.78. The number of rotatable bonds is 11. The molecule has 0 bridgehead atoms. The first-order valence-corrected chi connectivity index (χ1v) is 15.1. The average Bonchev–Trinajstić information content (AvgIpc) is 3.40. The normalized spacial score (nSPS) is 20.4. The zero-order valence-electron chi connectivity index (χ0n) is 25.2. The minimum atomic E-state index is -2.77. The molecule has 1 aromatic carbocycles. The van der Waals surface area contributed by atoms with Crippen LogP contribution in [0.2, 0.25) is 0 Å². The molecule has 0 spiro atoms. The van der Waals surface area contributed by atoms with Crippen LogP contribution >= 0.6 is 0 Å². The molecule has 2 aliphatic rings. The summed E-state index contributed by atoms with van der Waals surface area (Å²) >= 11 is 0. The van der Waals surface area contributed by atoms with E-state index in [0.717, 1.165) is 37.5 Å². The molecule has 2 fully saturated rings. The van der Waals surface area contributed by atoms with Gasteiger partial charge in [0.2, 0.25) is 5.95 Å². The Kier molecular flexibility index (Phi) is 9.78. The fraction of sp³-hybridized carbons (Fsp3) is 0.581. The minimum Gasteiger partial charge on any atom is -0.516 e. The van der Waals surface area contributed by atoms with Crippen molar-refractivity contribution in [1.82, 2.24) is 24.4 Å². The summed E-state index contributed by atoms with van der Waals surface area (Å²) in [6.45, 7) is 9.75. The van der Waals surface area contributed by atoms with Crippen molar-refractivity contribution in [3.8, 4) is 5.82 Å². The van der Waals surface area contributed by atoms with Gasteiger partial charge in [0.25, 0.3) is 6.43 Å². The van der Waals surface area contributed by atoms with E-state index in [2.05, 4.69) is 20.1 Å². The van der Waals surface area contributed by atoms with Crippen LogP contribution in [0.3, 0.4) is 0 Å². The van der Waals surface area contributed by atoms with Crippen LogP contribution in [0.15, 0.2) is 42.2 Å². The van der Waals surface area contributed by atoms with Crippen LogP contribution in [0, 0.1) is 5.92 Å². The predicted molar refractivity (Wildman–Crippen MR) is 163 cm³/mol. The Morgan fingerprint density at radius 3 is 2.49 bits per heavy atom. The lowest BCUT2D eigenvalue weighted by Gasteiger charge is -2.39. The number of alkyl halides is 2. The van der Waals surface area contributed by atoms with Crippen molar-refractivity contribution in [2.75, 3.05) is 56.2 Å². The average molecular weight is 600 g/mol. The maximum atomic E-state index is 14.2. The van der Waals surface area contributed by atoms with Crippen molar-refractivity contribution >= 4 is 22.8 Å². The fourth-order valence-corrected chi connectivity index (χ4v) is 6.12. The molecule has 2 aromatic heterocycles. The van der Waals surface area contributed by atoms with E-state index in [1.54, 1.807) is 30.3 Å². The maximum Gasteiger partial charge on any atom is 0.296 e. The van der Waals surface area contributed by atoms with Gasteiger partial charge in [-0.15, -0.1) is 0 Å². The van der Waals surface area contributed by atoms with Gasteiger partial charge in [-0.2, -0.15) is 9.97 Å². The number of anilines is 2. The molecule has 5 rings (SSSR count). The van der Waals surface area contributed by atoms with Gasteiger partial charge >= 0.3 is 0 Å². The van der Waals surface area contributed by atoms with Crippen molar-refractivity contribution < 1.29 is 23.7 Å². The lowest BCUT2D eigenvalue weighted by molar-refractivity contribution is 0.0150. The zero-order valence-corrected chi connectivity index (χ0v) is 25.2. The third kappa shape index (κ3) is 7.79. The van der Waals surface area contributed by atoms with E-state index in [4.69, 9.17) is 14.7 Å². The molecule has 234 valence electrons. The second kappa shape index (κ2) is 13.5. The SMILES string of the molecule is C/C(=C\O)CN(CC(C)(C)O)C1CCC(CNc2nc(N3CCOCC3)cc(-n3c(C(F)F)nc4ccccc43)n2)CC1. The molecular weight excluding hydrogens is 556 g/mol. The number of nitrogens with zero attached hydrogens (tertiary/aromatic N) is 6. The van der Waals surface area contributed by atoms with Gasteiger partial charge < -0.3 is 25.2 Å². The van der Waals surface area contributed by atoms with Gasteiger partial charge in [0, 0.05) is 44.8 Å². The van der Waals surface area contributed by atoms with Gasteiger partial charge in [-0.3, -0.25) is 9.47 Å². The van der Waals surface area contributed by atoms with Crippen molar-refractivity contribution in [2.24, 2.45) is 5.92 Å². The summed E-state index contributed by atoms with van der Waals surface area (Å²) in [5, 5.41) is 23.3. The number of halogens is 2. The van der Waals surface area contributed by atoms with E-state index < -0.39 is 12.0 Å². The summed E-state index contributed by atoms with van der Waals surface area (Å²) < 4.78 is 35.3. The molecule has 3 heterocycles. The van der Waals surface area contributed by atoms with E-state index >= 15 is 0 Å². The van der Waals surface area contributed by atoms with E-state index in [0.29, 0.717) is 86.5 Å². The molecule has 1 aliphatic heterocycles. The van der Waals surface area contributed by atoms with E-state index in [1.165, 1.54) is 4.57 Å². The van der Waals surface area contributed by atoms with Gasteiger partial charge in [0.05, 0.1) is 36.1 Å². The third-order valence-electron chi connectivity index (χ3n) is 8.19. The van der Waals surface area contributed by atoms with Crippen LogP contribution in [0.25, 0.3) is 16.9 Å². The van der Waals surface area contributed by atoms with E-state index in [1.807, 2.05) is 20.8 Å². The molecular formula is C31H43F2N7O3. The lowest BCUT2D eigenvalue weighted by Crippen LogP contribution is -2.46. The molecule has 1 aliphatic carbocycles. The molecule has 43 heavy (non-hydrogen) atoms. The summed E-state index contributed by atoms with van der Waals surface area (Å²) in [6, 6.07) is 9.15. The highest BCUT2D eigenvalue weighted by Crippen LogP contribution is 2.31. The lowest BCUT2D eigenvalue weighted by atomic mass is 9.84. The third-order valence-corrected chi connectivity index (χ3v) is 8.19. The Morgan fingerprint density at radius 2 is 1.81 bits per heavy atom. The largest absolute Gasteiger partial charge is 0.516 e. The van der Waals surface area contributed by atoms with Crippen molar-refractivity contribution in [1.29, 1.82) is 0 Å². The first-order valence-electron chi connectivity index (χ1n) is 15.1. The quantitative estimate of drug-likeness (QED) is 0.259. The number of nitrogens with one attached hydrogen (secondary N) is 1. The summed E-state index contributed by atoms with van der Waals surface area (Å²) in [6.07, 6.45) is 2.29. The van der Waals surface area contributed by atoms with Gasteiger partial charge in [0.1, 0.15) is 11.6 Å². The fourth-order valence-electron chi connectivity index (χ4n) is 6.12. The number of benzene rings is 1. The molecule has 1 saturated carbocycles. The number of hydrogen-bond donors (Lipinski definition) is 3. The molecule has 3 N–H and O–H groups in total. The topological polar surface area (TPSA) is 112 Å². The van der Waals surface area contributed by atoms with Crippen LogP contribution in [0.4, 0.5) is 20.5 Å². The van der Waals surface area contributed by atoms with Crippen LogP contribution in [0.1, 0.15) is 58.7 Å². The number of aliphatic hydroxyl groups excluding tert-OH is 1. The van der Waals surface area contributed by atoms with Crippen LogP contribution in [-0.4, -0.2) is 92.2 Å². The molecule has 12 heteroatoms. The maximum absolute atomic E-state index is 14.2. The van der Waals surface area contributed by atoms with Gasteiger partial charge in [-0.05, 0) is 70.1 Å². The number of aliphatic hydroxyl groups is 2. The first kappa shape index (κ1) is 31.1. The number of morpholine rings is 1. The molecule has 10 nitrogen and oxygen atoms in total. The number of para-hydroxylation sites is 2. The van der Waals surface area contributed by atoms with Crippen LogP contribution in [-0.2, 0) is 4.74 Å². The van der Waals surface area contributed by atoms with Gasteiger partial charge in [-0.1, -0.05) is 12.1 Å². The molecule has 3 aromatic rings. The number of imidazole rings is 1. The smallest absolute Gasteiger partial charge is 0.296 e. The highest BCUT2D eigenvalue weighted by Gasteiger charge is 2.30. The first-order chi connectivity index (χ1) is 20.6. The Balaban J connectivity index is 1.34. The van der Waals surface area contributed by atoms with Crippen molar-refractivity contribution in [2.45, 2.75) is 64.5 Å². The van der Waals surface area contributed by atoms with Crippen LogP contribution in [0.5, 0.6) is 0 Å². The van der Waals surface area contributed by atoms with Crippen molar-refractivity contribution in [3.63, 3.8) is 0 Å². The number of ether oxygens (including phenoxy) is 1. The zero-order chi connectivity index (χ0) is 30.6. The standard InChI is InChI=1S/C31H43F2N7O3/c1-21(19-41)18-39(20-31(2,3)42)23-10-8-22(9-11-23)17-34-30-36-26(38-12-14-43-15-13-38)16-27(37-30)40-25-7-5-4-6-24(25)35-29(40)28(32)33/h4-7,16,19,22-23,28,41-42H,8-15,17-18,20H2,1-3H3,(H,34,36,37)/b21-19+. The molecule has 0 atom stereocenters. The number of aromatic nitrogens is 4. The summed E-state index contributed by atoms with van der Waals surface area (Å²) in [4.78, 5) is 18.1. The van der Waals surface area contributed by atoms with Gasteiger partial charge in [-0.25, -0.2) is 13.8 Å². The number of hydrogen-bond acceptors (Lipinski definition) is 9. The molecule has 0 unspecified atom stereocenters. The Hall–Kier alpha value is -3.35. The van der Waals surface area contributed by atoms with Gasteiger partial charge in [0.15, 0.2) is 5.82 Å². The van der Waals surface area contributed by atoms with Crippen LogP contribution < -0.4 is 10.2 Å². The number of fused-ring (bicyclic) bond motifs is 1. The summed E-state index contributed by atoms with van der Waals surface area (Å²) in [5.74, 6) is 1.44. The monoisotopic (exact) mass is 599 g/mol. The van der Waals surface area contributed by atoms with E-state index in [-0.39, 0.29) is 5.82 Å². The second-order valence-corrected chi connectivity index (χ2v) is 12.4. The Labute approximate surface area is 251 Å². The summed E-state index contributed by atoms with van der Waals surface area (Å²) in [5.41, 5.74) is 1.08. The van der Waals surface area contributed by atoms with E-state index in [9.17, 15) is 19.0 Å². The molecule has 0 amide bonds. The highest BCUT2D eigenvalue weighted by atomic mass is 19.3. The Bertz CT molecular complexity index is 1390. The Morgan fingerprint density at radius 1 is 1.12 bits per heavy atom.